The number of anilines is 1. The molecule has 1 aliphatic rings. The van der Waals surface area contributed by atoms with Gasteiger partial charge in [0.25, 0.3) is 0 Å². The van der Waals surface area contributed by atoms with E-state index in [4.69, 9.17) is 4.74 Å². The summed E-state index contributed by atoms with van der Waals surface area (Å²) in [5.41, 5.74) is 1.73. The first-order valence-electron chi connectivity index (χ1n) is 8.44. The molecule has 1 saturated heterocycles. The van der Waals surface area contributed by atoms with E-state index in [1.165, 1.54) is 26.0 Å². The average Bonchev–Trinajstić information content (AvgIpc) is 3.14. The van der Waals surface area contributed by atoms with Crippen molar-refractivity contribution in [3.05, 3.63) is 53.5 Å². The summed E-state index contributed by atoms with van der Waals surface area (Å²) in [4.78, 5) is 6.86. The minimum Gasteiger partial charge on any atom is -0.497 e. The lowest BCUT2D eigenvalue weighted by Crippen LogP contribution is -2.20. The number of aromatic nitrogens is 1. The monoisotopic (exact) mass is 329 g/mol. The van der Waals surface area contributed by atoms with Crippen LogP contribution in [0, 0.1) is 5.82 Å². The van der Waals surface area contributed by atoms with Crippen LogP contribution in [0.2, 0.25) is 0 Å². The van der Waals surface area contributed by atoms with E-state index < -0.39 is 0 Å². The van der Waals surface area contributed by atoms with Crippen molar-refractivity contribution < 1.29 is 9.13 Å². The summed E-state index contributed by atoms with van der Waals surface area (Å²) in [6.45, 7) is 4.80. The zero-order chi connectivity index (χ0) is 16.9. The van der Waals surface area contributed by atoms with Gasteiger partial charge in [-0.25, -0.2) is 9.37 Å². The second kappa shape index (κ2) is 7.62. The Morgan fingerprint density at radius 1 is 1.25 bits per heavy atom. The number of benzene rings is 1. The molecular formula is C19H24FN3O. The van der Waals surface area contributed by atoms with E-state index in [-0.39, 0.29) is 11.9 Å². The van der Waals surface area contributed by atoms with Crippen LogP contribution in [0.5, 0.6) is 5.75 Å². The summed E-state index contributed by atoms with van der Waals surface area (Å²) in [7, 11) is 1.54. The molecule has 3 rings (SSSR count). The highest BCUT2D eigenvalue weighted by atomic mass is 19.1. The van der Waals surface area contributed by atoms with Crippen molar-refractivity contribution in [3.63, 3.8) is 0 Å². The van der Waals surface area contributed by atoms with E-state index in [1.807, 2.05) is 13.1 Å². The van der Waals surface area contributed by atoms with Gasteiger partial charge in [0.2, 0.25) is 0 Å². The van der Waals surface area contributed by atoms with E-state index in [2.05, 4.69) is 27.3 Å². The van der Waals surface area contributed by atoms with Gasteiger partial charge in [-0.1, -0.05) is 12.1 Å². The van der Waals surface area contributed by atoms with Gasteiger partial charge in [0, 0.05) is 43.5 Å². The topological polar surface area (TPSA) is 37.4 Å². The fourth-order valence-electron chi connectivity index (χ4n) is 3.02. The molecule has 128 valence electrons. The number of nitrogens with one attached hydrogen (secondary N) is 1. The fraction of sp³-hybridized carbons (Fsp3) is 0.421. The summed E-state index contributed by atoms with van der Waals surface area (Å²) in [6, 6.07) is 9.03. The second-order valence-electron chi connectivity index (χ2n) is 6.21. The Labute approximate surface area is 142 Å². The van der Waals surface area contributed by atoms with Gasteiger partial charge in [-0.15, -0.1) is 0 Å². The Bertz CT molecular complexity index is 669. The molecule has 2 heterocycles. The third kappa shape index (κ3) is 3.85. The van der Waals surface area contributed by atoms with Crippen molar-refractivity contribution in [1.82, 2.24) is 10.3 Å². The first-order chi connectivity index (χ1) is 11.7. The minimum atomic E-state index is -0.253. The molecule has 1 unspecified atom stereocenters. The van der Waals surface area contributed by atoms with Crippen LogP contribution in [0.3, 0.4) is 0 Å². The number of ether oxygens (including phenoxy) is 1. The highest BCUT2D eigenvalue weighted by Crippen LogP contribution is 2.22. The second-order valence-corrected chi connectivity index (χ2v) is 6.21. The van der Waals surface area contributed by atoms with Crippen molar-refractivity contribution in [1.29, 1.82) is 0 Å². The molecule has 0 radical (unpaired) electrons. The van der Waals surface area contributed by atoms with Crippen molar-refractivity contribution in [3.8, 4) is 5.75 Å². The van der Waals surface area contributed by atoms with Crippen LogP contribution in [0.1, 0.15) is 36.9 Å². The molecule has 1 fully saturated rings. The third-order valence-corrected chi connectivity index (χ3v) is 4.53. The van der Waals surface area contributed by atoms with Crippen molar-refractivity contribution >= 4 is 5.82 Å². The molecule has 1 aromatic carbocycles. The van der Waals surface area contributed by atoms with Gasteiger partial charge < -0.3 is 15.0 Å². The largest absolute Gasteiger partial charge is 0.497 e. The first kappa shape index (κ1) is 16.7. The molecule has 1 N–H and O–H groups in total. The van der Waals surface area contributed by atoms with Gasteiger partial charge in [-0.3, -0.25) is 0 Å². The van der Waals surface area contributed by atoms with Gasteiger partial charge in [0.1, 0.15) is 17.4 Å². The number of hydrogen-bond donors (Lipinski definition) is 1. The van der Waals surface area contributed by atoms with E-state index in [0.29, 0.717) is 17.9 Å². The summed E-state index contributed by atoms with van der Waals surface area (Å²) in [5, 5.41) is 3.35. The molecular weight excluding hydrogens is 305 g/mol. The molecule has 0 spiro atoms. The van der Waals surface area contributed by atoms with Crippen LogP contribution in [0.15, 0.2) is 36.5 Å². The molecule has 1 aliphatic heterocycles. The molecule has 0 bridgehead atoms. The number of halogens is 1. The lowest BCUT2D eigenvalue weighted by molar-refractivity contribution is 0.409. The zero-order valence-electron chi connectivity index (χ0n) is 14.3. The maximum Gasteiger partial charge on any atom is 0.131 e. The van der Waals surface area contributed by atoms with Gasteiger partial charge in [-0.05, 0) is 37.5 Å². The van der Waals surface area contributed by atoms with E-state index in [1.54, 1.807) is 12.1 Å². The number of pyridine rings is 1. The molecule has 0 amide bonds. The standard InChI is InChI=1S/C19H24FN3O/c1-14(17-7-6-16(24-2)11-18(17)20)21-12-15-5-8-19(22-13-15)23-9-3-4-10-23/h5-8,11,13-14,21H,3-4,9-10,12H2,1-2H3. The Morgan fingerprint density at radius 2 is 2.04 bits per heavy atom. The van der Waals surface area contributed by atoms with Crippen molar-refractivity contribution in [2.24, 2.45) is 0 Å². The number of hydrogen-bond acceptors (Lipinski definition) is 4. The maximum absolute atomic E-state index is 14.1. The first-order valence-corrected chi connectivity index (χ1v) is 8.44. The third-order valence-electron chi connectivity index (χ3n) is 4.53. The van der Waals surface area contributed by atoms with Crippen LogP contribution in [0.25, 0.3) is 0 Å². The smallest absolute Gasteiger partial charge is 0.131 e. The summed E-state index contributed by atoms with van der Waals surface area (Å²) in [5.74, 6) is 1.33. The van der Waals surface area contributed by atoms with Crippen LogP contribution in [0.4, 0.5) is 10.2 Å². The number of rotatable bonds is 6. The van der Waals surface area contributed by atoms with Crippen molar-refractivity contribution in [2.75, 3.05) is 25.1 Å². The zero-order valence-corrected chi connectivity index (χ0v) is 14.3. The molecule has 0 saturated carbocycles. The molecule has 2 aromatic rings. The molecule has 5 heteroatoms. The Morgan fingerprint density at radius 3 is 2.67 bits per heavy atom. The molecule has 0 aliphatic carbocycles. The summed E-state index contributed by atoms with van der Waals surface area (Å²) in [6.07, 6.45) is 4.39. The lowest BCUT2D eigenvalue weighted by Gasteiger charge is -2.18. The van der Waals surface area contributed by atoms with Crippen LogP contribution >= 0.6 is 0 Å². The summed E-state index contributed by atoms with van der Waals surface area (Å²) < 4.78 is 19.1. The predicted octanol–water partition coefficient (Wildman–Crippen LogP) is 3.68. The van der Waals surface area contributed by atoms with Crippen LogP contribution < -0.4 is 15.0 Å². The SMILES string of the molecule is COc1ccc(C(C)NCc2ccc(N3CCCC3)nc2)c(F)c1. The lowest BCUT2D eigenvalue weighted by atomic mass is 10.1. The number of nitrogens with zero attached hydrogens (tertiary/aromatic N) is 2. The highest BCUT2D eigenvalue weighted by molar-refractivity contribution is 5.40. The molecule has 1 atom stereocenters. The van der Waals surface area contributed by atoms with Gasteiger partial charge in [-0.2, -0.15) is 0 Å². The quantitative estimate of drug-likeness (QED) is 0.877. The molecule has 4 nitrogen and oxygen atoms in total. The highest BCUT2D eigenvalue weighted by Gasteiger charge is 2.14. The normalized spacial score (nSPS) is 15.5. The fourth-order valence-corrected chi connectivity index (χ4v) is 3.02. The Balaban J connectivity index is 1.58. The summed E-state index contributed by atoms with van der Waals surface area (Å²) >= 11 is 0. The van der Waals surface area contributed by atoms with Gasteiger partial charge in [0.15, 0.2) is 0 Å². The Kier molecular flexibility index (Phi) is 5.30. The molecule has 24 heavy (non-hydrogen) atoms. The van der Waals surface area contributed by atoms with E-state index in [9.17, 15) is 4.39 Å². The van der Waals surface area contributed by atoms with Crippen molar-refractivity contribution in [2.45, 2.75) is 32.4 Å². The number of methoxy groups -OCH3 is 1. The van der Waals surface area contributed by atoms with Crippen LogP contribution in [-0.2, 0) is 6.54 Å². The predicted molar refractivity (Wildman–Crippen MR) is 93.9 cm³/mol. The maximum atomic E-state index is 14.1. The van der Waals surface area contributed by atoms with Crippen LogP contribution in [-0.4, -0.2) is 25.2 Å². The van der Waals surface area contributed by atoms with Gasteiger partial charge >= 0.3 is 0 Å². The van der Waals surface area contributed by atoms with E-state index >= 15 is 0 Å². The van der Waals surface area contributed by atoms with Gasteiger partial charge in [0.05, 0.1) is 7.11 Å². The van der Waals surface area contributed by atoms with E-state index in [0.717, 1.165) is 24.5 Å². The minimum absolute atomic E-state index is 0.0887. The average molecular weight is 329 g/mol. The Hall–Kier alpha value is -2.14. The molecule has 1 aromatic heterocycles.